The normalized spacial score (nSPS) is 13.0. The predicted molar refractivity (Wildman–Crippen MR) is 76.0 cm³/mol. The van der Waals surface area contributed by atoms with Gasteiger partial charge < -0.3 is 19.5 Å². The molecule has 108 valence electrons. The van der Waals surface area contributed by atoms with Crippen LogP contribution in [-0.2, 0) is 4.79 Å². The fourth-order valence-corrected chi connectivity index (χ4v) is 1.78. The Morgan fingerprint density at radius 2 is 2.10 bits per heavy atom. The molecule has 0 bridgehead atoms. The molecule has 1 N–H and O–H groups in total. The molecule has 0 atom stereocenters. The highest BCUT2D eigenvalue weighted by Gasteiger charge is 2.16. The molecule has 0 spiro atoms. The zero-order valence-electron chi connectivity index (χ0n) is 11.9. The Hall–Kier alpha value is -2.17. The van der Waals surface area contributed by atoms with Crippen LogP contribution >= 0.6 is 0 Å². The molecule has 1 heterocycles. The Balaban J connectivity index is 2.10. The molecule has 5 heteroatoms. The predicted octanol–water partition coefficient (Wildman–Crippen LogP) is 2.21. The number of rotatable bonds is 5. The van der Waals surface area contributed by atoms with Crippen molar-refractivity contribution in [2.75, 3.05) is 20.4 Å². The maximum atomic E-state index is 11.7. The zero-order valence-corrected chi connectivity index (χ0v) is 11.9. The fraction of sp³-hybridized carbons (Fsp3) is 0.400. The van der Waals surface area contributed by atoms with Crippen molar-refractivity contribution in [3.63, 3.8) is 0 Å². The van der Waals surface area contributed by atoms with Crippen molar-refractivity contribution >= 4 is 12.0 Å². The summed E-state index contributed by atoms with van der Waals surface area (Å²) in [5.41, 5.74) is 0.774. The first-order chi connectivity index (χ1) is 9.60. The van der Waals surface area contributed by atoms with Gasteiger partial charge in [-0.15, -0.1) is 0 Å². The summed E-state index contributed by atoms with van der Waals surface area (Å²) in [5.74, 6) is 2.25. The van der Waals surface area contributed by atoms with Gasteiger partial charge in [-0.2, -0.15) is 0 Å². The van der Waals surface area contributed by atoms with Crippen LogP contribution in [-0.4, -0.2) is 26.4 Å². The van der Waals surface area contributed by atoms with Crippen molar-refractivity contribution in [2.45, 2.75) is 13.8 Å². The third-order valence-corrected chi connectivity index (χ3v) is 2.82. The topological polar surface area (TPSA) is 56.8 Å². The van der Waals surface area contributed by atoms with Crippen molar-refractivity contribution < 1.29 is 19.0 Å². The highest BCUT2D eigenvalue weighted by molar-refractivity contribution is 5.92. The van der Waals surface area contributed by atoms with Gasteiger partial charge in [-0.05, 0) is 18.1 Å². The summed E-state index contributed by atoms with van der Waals surface area (Å²) in [4.78, 5) is 11.7. The summed E-state index contributed by atoms with van der Waals surface area (Å²) in [6.45, 7) is 4.96. The number of carbonyl (C=O) groups excluding carboxylic acids is 1. The van der Waals surface area contributed by atoms with Crippen molar-refractivity contribution in [2.24, 2.45) is 5.92 Å². The molecule has 0 saturated carbocycles. The maximum absolute atomic E-state index is 11.7. The number of nitrogens with one attached hydrogen (secondary N) is 1. The third-order valence-electron chi connectivity index (χ3n) is 2.82. The molecule has 1 amide bonds. The highest BCUT2D eigenvalue weighted by Crippen LogP contribution is 2.38. The van der Waals surface area contributed by atoms with E-state index < -0.39 is 0 Å². The quantitative estimate of drug-likeness (QED) is 0.838. The van der Waals surface area contributed by atoms with Gasteiger partial charge in [0.25, 0.3) is 0 Å². The van der Waals surface area contributed by atoms with Crippen molar-refractivity contribution in [1.82, 2.24) is 5.32 Å². The summed E-state index contributed by atoms with van der Waals surface area (Å²) >= 11 is 0. The van der Waals surface area contributed by atoms with Crippen LogP contribution in [0.2, 0.25) is 0 Å². The summed E-state index contributed by atoms with van der Waals surface area (Å²) in [7, 11) is 1.58. The molecule has 0 radical (unpaired) electrons. The smallest absolute Gasteiger partial charge is 0.244 e. The molecular formula is C15H19NO4. The zero-order chi connectivity index (χ0) is 14.5. The van der Waals surface area contributed by atoms with Gasteiger partial charge >= 0.3 is 0 Å². The van der Waals surface area contributed by atoms with Gasteiger partial charge in [0.2, 0.25) is 12.7 Å². The molecule has 1 aromatic rings. The number of benzene rings is 1. The van der Waals surface area contributed by atoms with E-state index in [4.69, 9.17) is 14.2 Å². The van der Waals surface area contributed by atoms with Crippen LogP contribution in [0.15, 0.2) is 18.2 Å². The maximum Gasteiger partial charge on any atom is 0.244 e. The van der Waals surface area contributed by atoms with Gasteiger partial charge in [-0.1, -0.05) is 13.8 Å². The van der Waals surface area contributed by atoms with Gasteiger partial charge in [0.15, 0.2) is 11.5 Å². The average molecular weight is 277 g/mol. The second kappa shape index (κ2) is 6.32. The van der Waals surface area contributed by atoms with Gasteiger partial charge in [-0.3, -0.25) is 4.79 Å². The summed E-state index contributed by atoms with van der Waals surface area (Å²) in [5, 5.41) is 2.82. The van der Waals surface area contributed by atoms with E-state index in [1.165, 1.54) is 6.08 Å². The first-order valence-corrected chi connectivity index (χ1v) is 6.53. The second-order valence-corrected chi connectivity index (χ2v) is 4.92. The molecule has 2 rings (SSSR count). The standard InChI is InChI=1S/C15H19NO4/c1-10(2)8-16-15(17)5-4-11-6-13-14(20-9-19-13)7-12(11)18-3/h4-7,10H,8-9H2,1-3H3,(H,16,17). The minimum absolute atomic E-state index is 0.126. The first-order valence-electron chi connectivity index (χ1n) is 6.53. The van der Waals surface area contributed by atoms with Crippen LogP contribution in [0.4, 0.5) is 0 Å². The number of hydrogen-bond acceptors (Lipinski definition) is 4. The largest absolute Gasteiger partial charge is 0.496 e. The van der Waals surface area contributed by atoms with Gasteiger partial charge in [-0.25, -0.2) is 0 Å². The van der Waals surface area contributed by atoms with Crippen LogP contribution < -0.4 is 19.5 Å². The van der Waals surface area contributed by atoms with Crippen LogP contribution in [0.1, 0.15) is 19.4 Å². The van der Waals surface area contributed by atoms with Gasteiger partial charge in [0.05, 0.1) is 7.11 Å². The third kappa shape index (κ3) is 3.44. The van der Waals surface area contributed by atoms with Crippen LogP contribution in [0.25, 0.3) is 6.08 Å². The highest BCUT2D eigenvalue weighted by atomic mass is 16.7. The molecule has 1 aliphatic heterocycles. The number of hydrogen-bond donors (Lipinski definition) is 1. The number of ether oxygens (including phenoxy) is 3. The minimum Gasteiger partial charge on any atom is -0.496 e. The average Bonchev–Trinajstić information content (AvgIpc) is 2.88. The van der Waals surface area contributed by atoms with E-state index in [0.29, 0.717) is 29.7 Å². The molecule has 0 fully saturated rings. The first kappa shape index (κ1) is 14.2. The molecule has 0 saturated heterocycles. The van der Waals surface area contributed by atoms with Crippen LogP contribution in [0, 0.1) is 5.92 Å². The van der Waals surface area contributed by atoms with Crippen molar-refractivity contribution in [3.05, 3.63) is 23.8 Å². The summed E-state index contributed by atoms with van der Waals surface area (Å²) in [6.07, 6.45) is 3.19. The van der Waals surface area contributed by atoms with Crippen LogP contribution in [0.3, 0.4) is 0 Å². The number of fused-ring (bicyclic) bond motifs is 1. The Morgan fingerprint density at radius 1 is 1.40 bits per heavy atom. The van der Waals surface area contributed by atoms with E-state index in [0.717, 1.165) is 5.56 Å². The summed E-state index contributed by atoms with van der Waals surface area (Å²) < 4.78 is 15.9. The lowest BCUT2D eigenvalue weighted by molar-refractivity contribution is -0.116. The molecule has 20 heavy (non-hydrogen) atoms. The monoisotopic (exact) mass is 277 g/mol. The Bertz CT molecular complexity index is 523. The molecule has 0 unspecified atom stereocenters. The number of carbonyl (C=O) groups is 1. The second-order valence-electron chi connectivity index (χ2n) is 4.92. The number of amides is 1. The molecule has 0 aromatic heterocycles. The molecular weight excluding hydrogens is 258 g/mol. The Morgan fingerprint density at radius 3 is 2.75 bits per heavy atom. The fourth-order valence-electron chi connectivity index (χ4n) is 1.78. The minimum atomic E-state index is -0.126. The summed E-state index contributed by atoms with van der Waals surface area (Å²) in [6, 6.07) is 3.56. The lowest BCUT2D eigenvalue weighted by Gasteiger charge is -2.07. The molecule has 1 aromatic carbocycles. The van der Waals surface area contributed by atoms with E-state index in [1.54, 1.807) is 25.3 Å². The van der Waals surface area contributed by atoms with E-state index in [1.807, 2.05) is 13.8 Å². The lowest BCUT2D eigenvalue weighted by atomic mass is 10.1. The Labute approximate surface area is 118 Å². The van der Waals surface area contributed by atoms with Crippen molar-refractivity contribution in [3.8, 4) is 17.2 Å². The SMILES string of the molecule is COc1cc2c(cc1C=CC(=O)NCC(C)C)OCO2. The van der Waals surface area contributed by atoms with Gasteiger partial charge in [0, 0.05) is 24.3 Å². The van der Waals surface area contributed by atoms with E-state index in [9.17, 15) is 4.79 Å². The number of methoxy groups -OCH3 is 1. The molecule has 1 aliphatic rings. The Kier molecular flexibility index (Phi) is 4.50. The van der Waals surface area contributed by atoms with E-state index in [-0.39, 0.29) is 12.7 Å². The lowest BCUT2D eigenvalue weighted by Crippen LogP contribution is -2.25. The van der Waals surface area contributed by atoms with Crippen molar-refractivity contribution in [1.29, 1.82) is 0 Å². The van der Waals surface area contributed by atoms with Gasteiger partial charge in [0.1, 0.15) is 5.75 Å². The molecule has 0 aliphatic carbocycles. The van der Waals surface area contributed by atoms with E-state index in [2.05, 4.69) is 5.32 Å². The van der Waals surface area contributed by atoms with Crippen LogP contribution in [0.5, 0.6) is 17.2 Å². The van der Waals surface area contributed by atoms with E-state index >= 15 is 0 Å². The molecule has 5 nitrogen and oxygen atoms in total.